The monoisotopic (exact) mass is 305 g/mol. The van der Waals surface area contributed by atoms with Crippen LogP contribution in [0, 0.1) is 0 Å². The fraction of sp³-hybridized carbons (Fsp3) is 0.111. The predicted molar refractivity (Wildman–Crippen MR) is 93.5 cm³/mol. The molecule has 0 bridgehead atoms. The number of thiophene rings is 1. The second-order valence-corrected chi connectivity index (χ2v) is 6.23. The van der Waals surface area contributed by atoms with Gasteiger partial charge < -0.3 is 4.90 Å². The fourth-order valence-corrected chi connectivity index (χ4v) is 3.57. The largest absolute Gasteiger partial charge is 0.355 e. The van der Waals surface area contributed by atoms with Crippen molar-refractivity contribution in [2.45, 2.75) is 6.54 Å². The van der Waals surface area contributed by atoms with Crippen molar-refractivity contribution in [3.8, 4) is 0 Å². The van der Waals surface area contributed by atoms with Crippen LogP contribution in [0.3, 0.4) is 0 Å². The van der Waals surface area contributed by atoms with E-state index in [9.17, 15) is 0 Å². The number of hydrogen-bond acceptors (Lipinski definition) is 4. The normalized spacial score (nSPS) is 11.1. The van der Waals surface area contributed by atoms with Gasteiger partial charge in [-0.1, -0.05) is 42.5 Å². The minimum atomic E-state index is 0.823. The van der Waals surface area contributed by atoms with E-state index in [1.807, 2.05) is 0 Å². The first-order valence-electron chi connectivity index (χ1n) is 7.19. The van der Waals surface area contributed by atoms with Crippen molar-refractivity contribution in [3.63, 3.8) is 0 Å². The van der Waals surface area contributed by atoms with Crippen molar-refractivity contribution in [2.24, 2.45) is 0 Å². The molecule has 0 saturated carbocycles. The molecule has 0 aliphatic heterocycles. The van der Waals surface area contributed by atoms with Crippen LogP contribution < -0.4 is 4.90 Å². The first-order chi connectivity index (χ1) is 10.8. The second kappa shape index (κ2) is 5.39. The molecule has 0 unspecified atom stereocenters. The molecule has 0 aliphatic carbocycles. The molecule has 2 aromatic heterocycles. The lowest BCUT2D eigenvalue weighted by Crippen LogP contribution is -2.18. The average molecular weight is 305 g/mol. The molecule has 0 N–H and O–H groups in total. The van der Waals surface area contributed by atoms with Gasteiger partial charge in [0.15, 0.2) is 0 Å². The van der Waals surface area contributed by atoms with Crippen molar-refractivity contribution in [3.05, 3.63) is 65.8 Å². The predicted octanol–water partition coefficient (Wildman–Crippen LogP) is 4.48. The molecule has 108 valence electrons. The van der Waals surface area contributed by atoms with E-state index in [0.29, 0.717) is 0 Å². The van der Waals surface area contributed by atoms with Crippen molar-refractivity contribution >= 4 is 38.1 Å². The highest BCUT2D eigenvalue weighted by atomic mass is 32.1. The van der Waals surface area contributed by atoms with Gasteiger partial charge in [0.25, 0.3) is 0 Å². The Morgan fingerprint density at radius 2 is 1.82 bits per heavy atom. The number of benzene rings is 2. The molecule has 0 atom stereocenters. The van der Waals surface area contributed by atoms with Gasteiger partial charge in [0.2, 0.25) is 0 Å². The molecule has 0 aliphatic rings. The van der Waals surface area contributed by atoms with E-state index < -0.39 is 0 Å². The summed E-state index contributed by atoms with van der Waals surface area (Å²) in [6, 6.07) is 17.0. The number of aromatic nitrogens is 2. The highest BCUT2D eigenvalue weighted by Crippen LogP contribution is 2.28. The van der Waals surface area contributed by atoms with Crippen LogP contribution in [-0.4, -0.2) is 17.0 Å². The van der Waals surface area contributed by atoms with E-state index in [1.54, 1.807) is 17.7 Å². The SMILES string of the molecule is CN(Cc1cccc2ccccc12)c1ncnc2sccc12. The van der Waals surface area contributed by atoms with E-state index in [-0.39, 0.29) is 0 Å². The molecular formula is C18H15N3S. The third-order valence-electron chi connectivity index (χ3n) is 3.89. The van der Waals surface area contributed by atoms with Crippen LogP contribution in [0.25, 0.3) is 21.0 Å². The van der Waals surface area contributed by atoms with E-state index in [0.717, 1.165) is 22.6 Å². The van der Waals surface area contributed by atoms with Gasteiger partial charge in [-0.05, 0) is 27.8 Å². The van der Waals surface area contributed by atoms with Gasteiger partial charge in [-0.2, -0.15) is 0 Å². The molecule has 2 aromatic carbocycles. The van der Waals surface area contributed by atoms with E-state index in [4.69, 9.17) is 0 Å². The fourth-order valence-electron chi connectivity index (χ4n) is 2.84. The van der Waals surface area contributed by atoms with Gasteiger partial charge in [0, 0.05) is 13.6 Å². The molecule has 4 heteroatoms. The van der Waals surface area contributed by atoms with Crippen LogP contribution in [0.4, 0.5) is 5.82 Å². The lowest BCUT2D eigenvalue weighted by Gasteiger charge is -2.20. The van der Waals surface area contributed by atoms with Gasteiger partial charge in [0.1, 0.15) is 17.0 Å². The van der Waals surface area contributed by atoms with Crippen molar-refractivity contribution in [1.29, 1.82) is 0 Å². The standard InChI is InChI=1S/C18H15N3S/c1-21(17-16-9-10-22-18(16)20-12-19-17)11-14-7-4-6-13-5-2-3-8-15(13)14/h2-10,12H,11H2,1H3. The third-order valence-corrected chi connectivity index (χ3v) is 4.71. The van der Waals surface area contributed by atoms with Crippen LogP contribution in [0.15, 0.2) is 60.2 Å². The molecule has 0 fully saturated rings. The number of anilines is 1. The van der Waals surface area contributed by atoms with Crippen LogP contribution in [0.5, 0.6) is 0 Å². The summed E-state index contributed by atoms with van der Waals surface area (Å²) in [5, 5.41) is 5.76. The quantitative estimate of drug-likeness (QED) is 0.559. The Hall–Kier alpha value is -2.46. The van der Waals surface area contributed by atoms with E-state index in [1.165, 1.54) is 16.3 Å². The Morgan fingerprint density at radius 3 is 2.77 bits per heavy atom. The summed E-state index contributed by atoms with van der Waals surface area (Å²) in [7, 11) is 2.08. The summed E-state index contributed by atoms with van der Waals surface area (Å²) in [5.41, 5.74) is 1.31. The molecule has 0 spiro atoms. The van der Waals surface area contributed by atoms with Crippen LogP contribution in [0.2, 0.25) is 0 Å². The highest BCUT2D eigenvalue weighted by Gasteiger charge is 2.11. The lowest BCUT2D eigenvalue weighted by atomic mass is 10.0. The highest BCUT2D eigenvalue weighted by molar-refractivity contribution is 7.16. The molecule has 2 heterocycles. The Bertz CT molecular complexity index is 940. The maximum atomic E-state index is 4.48. The third kappa shape index (κ3) is 2.22. The topological polar surface area (TPSA) is 29.0 Å². The summed E-state index contributed by atoms with van der Waals surface area (Å²) in [6.45, 7) is 0.823. The van der Waals surface area contributed by atoms with Gasteiger partial charge in [-0.25, -0.2) is 9.97 Å². The van der Waals surface area contributed by atoms with Crippen LogP contribution in [-0.2, 0) is 6.54 Å². The van der Waals surface area contributed by atoms with E-state index in [2.05, 4.69) is 75.8 Å². The summed E-state index contributed by atoms with van der Waals surface area (Å²) in [5.74, 6) is 0.985. The molecule has 0 amide bonds. The summed E-state index contributed by atoms with van der Waals surface area (Å²) >= 11 is 1.65. The lowest BCUT2D eigenvalue weighted by molar-refractivity contribution is 0.907. The summed E-state index contributed by atoms with van der Waals surface area (Å²) in [4.78, 5) is 12.0. The zero-order valence-corrected chi connectivity index (χ0v) is 13.0. The van der Waals surface area contributed by atoms with Crippen LogP contribution in [0.1, 0.15) is 5.56 Å². The number of rotatable bonds is 3. The Labute approximate surface area is 132 Å². The minimum absolute atomic E-state index is 0.823. The molecular weight excluding hydrogens is 290 g/mol. The Balaban J connectivity index is 1.75. The number of fused-ring (bicyclic) bond motifs is 2. The molecule has 4 rings (SSSR count). The van der Waals surface area contributed by atoms with Gasteiger partial charge in [0.05, 0.1) is 5.39 Å². The second-order valence-electron chi connectivity index (χ2n) is 5.33. The smallest absolute Gasteiger partial charge is 0.140 e. The van der Waals surface area contributed by atoms with Crippen LogP contribution >= 0.6 is 11.3 Å². The summed E-state index contributed by atoms with van der Waals surface area (Å²) < 4.78 is 0. The summed E-state index contributed by atoms with van der Waals surface area (Å²) in [6.07, 6.45) is 1.65. The van der Waals surface area contributed by atoms with Crippen molar-refractivity contribution in [2.75, 3.05) is 11.9 Å². The molecule has 0 saturated heterocycles. The van der Waals surface area contributed by atoms with Crippen molar-refractivity contribution < 1.29 is 0 Å². The maximum absolute atomic E-state index is 4.48. The first-order valence-corrected chi connectivity index (χ1v) is 8.07. The zero-order chi connectivity index (χ0) is 14.9. The average Bonchev–Trinajstić information content (AvgIpc) is 3.03. The Kier molecular flexibility index (Phi) is 3.24. The van der Waals surface area contributed by atoms with Gasteiger partial charge >= 0.3 is 0 Å². The van der Waals surface area contributed by atoms with Crippen molar-refractivity contribution in [1.82, 2.24) is 9.97 Å². The molecule has 4 aromatic rings. The number of hydrogen-bond donors (Lipinski definition) is 0. The number of nitrogens with zero attached hydrogens (tertiary/aromatic N) is 3. The van der Waals surface area contributed by atoms with Gasteiger partial charge in [-0.3, -0.25) is 0 Å². The molecule has 3 nitrogen and oxygen atoms in total. The van der Waals surface area contributed by atoms with E-state index >= 15 is 0 Å². The Morgan fingerprint density at radius 1 is 0.955 bits per heavy atom. The molecule has 0 radical (unpaired) electrons. The van der Waals surface area contributed by atoms with Gasteiger partial charge in [-0.15, -0.1) is 11.3 Å². The maximum Gasteiger partial charge on any atom is 0.140 e. The first kappa shape index (κ1) is 13.2. The zero-order valence-electron chi connectivity index (χ0n) is 12.2. The molecule has 22 heavy (non-hydrogen) atoms. The minimum Gasteiger partial charge on any atom is -0.355 e.